The molecule has 0 fully saturated rings. The monoisotopic (exact) mass is 340 g/mol. The fourth-order valence-corrected chi connectivity index (χ4v) is 7.65. The maximum absolute atomic E-state index is 12.5. The Hall–Kier alpha value is -0.863. The molecular weight excluding hydrogens is 321 g/mol. The zero-order chi connectivity index (χ0) is 16.3. The van der Waals surface area contributed by atoms with E-state index in [2.05, 4.69) is 0 Å². The standard InChI is InChI=1S/C13H19F3O3SSi/c1-4-21(5-2,6-3)19-20(17,18)12-9-7-11(8-10-12)13(14,15)16/h7-10H,4-6H2,1-3H3. The van der Waals surface area contributed by atoms with Crippen molar-refractivity contribution in [2.75, 3.05) is 0 Å². The lowest BCUT2D eigenvalue weighted by Gasteiger charge is -2.26. The van der Waals surface area contributed by atoms with Crippen LogP contribution in [0.2, 0.25) is 18.1 Å². The third kappa shape index (κ3) is 4.30. The van der Waals surface area contributed by atoms with Gasteiger partial charge in [-0.05, 0) is 42.4 Å². The molecule has 0 aromatic heterocycles. The average molecular weight is 340 g/mol. The highest BCUT2D eigenvalue weighted by atomic mass is 32.2. The van der Waals surface area contributed by atoms with Crippen molar-refractivity contribution in [1.29, 1.82) is 0 Å². The molecule has 0 saturated carbocycles. The molecule has 120 valence electrons. The van der Waals surface area contributed by atoms with E-state index >= 15 is 0 Å². The van der Waals surface area contributed by atoms with Crippen LogP contribution >= 0.6 is 0 Å². The predicted molar refractivity (Wildman–Crippen MR) is 76.9 cm³/mol. The van der Waals surface area contributed by atoms with Gasteiger partial charge in [-0.15, -0.1) is 0 Å². The SMILES string of the molecule is CC[Si](CC)(CC)OS(=O)(=O)c1ccc(C(F)(F)F)cc1. The van der Waals surface area contributed by atoms with Crippen molar-refractivity contribution >= 4 is 18.4 Å². The van der Waals surface area contributed by atoms with Crippen molar-refractivity contribution in [2.45, 2.75) is 50.0 Å². The van der Waals surface area contributed by atoms with Crippen molar-refractivity contribution < 1.29 is 25.5 Å². The van der Waals surface area contributed by atoms with Gasteiger partial charge in [-0.3, -0.25) is 0 Å². The van der Waals surface area contributed by atoms with Crippen LogP contribution in [0.1, 0.15) is 26.3 Å². The molecule has 0 amide bonds. The third-order valence-electron chi connectivity index (χ3n) is 3.69. The van der Waals surface area contributed by atoms with Crippen molar-refractivity contribution in [3.8, 4) is 0 Å². The van der Waals surface area contributed by atoms with Crippen LogP contribution in [0.4, 0.5) is 13.2 Å². The minimum atomic E-state index is -4.49. The van der Waals surface area contributed by atoms with Gasteiger partial charge in [0, 0.05) is 0 Å². The zero-order valence-corrected chi connectivity index (χ0v) is 14.0. The molecule has 0 saturated heterocycles. The van der Waals surface area contributed by atoms with Crippen LogP contribution in [0.25, 0.3) is 0 Å². The lowest BCUT2D eigenvalue weighted by atomic mass is 10.2. The zero-order valence-electron chi connectivity index (χ0n) is 12.2. The normalized spacial score (nSPS) is 13.4. The molecular formula is C13H19F3O3SSi. The highest BCUT2D eigenvalue weighted by molar-refractivity contribution is 7.87. The van der Waals surface area contributed by atoms with Crippen LogP contribution in [0, 0.1) is 0 Å². The molecule has 0 heterocycles. The van der Waals surface area contributed by atoms with Gasteiger partial charge in [0.05, 0.1) is 10.5 Å². The van der Waals surface area contributed by atoms with Crippen molar-refractivity contribution in [3.05, 3.63) is 29.8 Å². The van der Waals surface area contributed by atoms with E-state index in [0.717, 1.165) is 24.3 Å². The van der Waals surface area contributed by atoms with E-state index in [4.69, 9.17) is 3.87 Å². The van der Waals surface area contributed by atoms with Crippen LogP contribution in [0.15, 0.2) is 29.2 Å². The molecule has 1 rings (SSSR count). The van der Waals surface area contributed by atoms with Crippen LogP contribution in [0.3, 0.4) is 0 Å². The number of hydrogen-bond donors (Lipinski definition) is 0. The van der Waals surface area contributed by atoms with Gasteiger partial charge in [-0.2, -0.15) is 21.6 Å². The molecule has 0 N–H and O–H groups in total. The van der Waals surface area contributed by atoms with E-state index in [1.54, 1.807) is 0 Å². The van der Waals surface area contributed by atoms with Crippen LogP contribution in [-0.2, 0) is 20.2 Å². The Morgan fingerprint density at radius 2 is 1.43 bits per heavy atom. The first-order chi connectivity index (χ1) is 9.60. The molecule has 8 heteroatoms. The maximum atomic E-state index is 12.5. The van der Waals surface area contributed by atoms with E-state index < -0.39 is 30.2 Å². The van der Waals surface area contributed by atoms with E-state index in [1.165, 1.54) is 0 Å². The van der Waals surface area contributed by atoms with Crippen molar-refractivity contribution in [3.63, 3.8) is 0 Å². The summed E-state index contributed by atoms with van der Waals surface area (Å²) in [4.78, 5) is -0.234. The molecule has 21 heavy (non-hydrogen) atoms. The third-order valence-corrected chi connectivity index (χ3v) is 10.7. The smallest absolute Gasteiger partial charge is 0.311 e. The number of rotatable bonds is 6. The lowest BCUT2D eigenvalue weighted by molar-refractivity contribution is -0.137. The van der Waals surface area contributed by atoms with E-state index in [9.17, 15) is 21.6 Å². The average Bonchev–Trinajstić information content (AvgIpc) is 2.44. The summed E-state index contributed by atoms with van der Waals surface area (Å²) in [6, 6.07) is 5.31. The first-order valence-electron chi connectivity index (χ1n) is 6.73. The second-order valence-electron chi connectivity index (χ2n) is 4.80. The van der Waals surface area contributed by atoms with Crippen LogP contribution in [-0.4, -0.2) is 16.7 Å². The summed E-state index contributed by atoms with van der Waals surface area (Å²) in [6.45, 7) is 5.63. The van der Waals surface area contributed by atoms with Gasteiger partial charge in [0.1, 0.15) is 0 Å². The molecule has 0 aliphatic carbocycles. The van der Waals surface area contributed by atoms with Gasteiger partial charge in [0.25, 0.3) is 10.1 Å². The quantitative estimate of drug-likeness (QED) is 0.720. The van der Waals surface area contributed by atoms with Crippen molar-refractivity contribution in [2.24, 2.45) is 0 Å². The first kappa shape index (κ1) is 18.2. The van der Waals surface area contributed by atoms with Gasteiger partial charge in [0.15, 0.2) is 0 Å². The Bertz CT molecular complexity index is 555. The molecule has 0 spiro atoms. The van der Waals surface area contributed by atoms with Gasteiger partial charge >= 0.3 is 6.18 Å². The molecule has 0 unspecified atom stereocenters. The molecule has 0 bridgehead atoms. The molecule has 1 aromatic carbocycles. The second-order valence-corrected chi connectivity index (χ2v) is 11.3. The summed E-state index contributed by atoms with van der Waals surface area (Å²) >= 11 is 0. The summed E-state index contributed by atoms with van der Waals surface area (Å²) in [5.74, 6) is 0. The Kier molecular flexibility index (Phi) is 5.62. The Morgan fingerprint density at radius 1 is 1.00 bits per heavy atom. The number of hydrogen-bond acceptors (Lipinski definition) is 3. The Labute approximate surface area is 124 Å². The summed E-state index contributed by atoms with van der Waals surface area (Å²) in [6.07, 6.45) is -4.49. The number of alkyl halides is 3. The van der Waals surface area contributed by atoms with Gasteiger partial charge < -0.3 is 3.87 Å². The van der Waals surface area contributed by atoms with Crippen molar-refractivity contribution in [1.82, 2.24) is 0 Å². The molecule has 0 atom stereocenters. The van der Waals surface area contributed by atoms with Crippen LogP contribution < -0.4 is 0 Å². The van der Waals surface area contributed by atoms with Gasteiger partial charge in [-0.1, -0.05) is 20.8 Å². The topological polar surface area (TPSA) is 43.4 Å². The predicted octanol–water partition coefficient (Wildman–Crippen LogP) is 4.42. The fourth-order valence-electron chi connectivity index (χ4n) is 2.02. The highest BCUT2D eigenvalue weighted by Crippen LogP contribution is 2.31. The summed E-state index contributed by atoms with van der Waals surface area (Å²) < 4.78 is 67.3. The van der Waals surface area contributed by atoms with Gasteiger partial charge in [0.2, 0.25) is 8.32 Å². The molecule has 3 nitrogen and oxygen atoms in total. The largest absolute Gasteiger partial charge is 0.416 e. The fraction of sp³-hybridized carbons (Fsp3) is 0.538. The number of benzene rings is 1. The highest BCUT2D eigenvalue weighted by Gasteiger charge is 2.36. The Morgan fingerprint density at radius 3 is 1.76 bits per heavy atom. The Balaban J connectivity index is 3.09. The molecule has 0 aliphatic heterocycles. The van der Waals surface area contributed by atoms with E-state index in [1.807, 2.05) is 20.8 Å². The number of halogens is 3. The van der Waals surface area contributed by atoms with Crippen LogP contribution in [0.5, 0.6) is 0 Å². The summed E-state index contributed by atoms with van der Waals surface area (Å²) in [7, 11) is -6.42. The second kappa shape index (κ2) is 6.49. The summed E-state index contributed by atoms with van der Waals surface area (Å²) in [5, 5.41) is 0. The van der Waals surface area contributed by atoms with E-state index in [-0.39, 0.29) is 4.90 Å². The lowest BCUT2D eigenvalue weighted by Crippen LogP contribution is -2.38. The maximum Gasteiger partial charge on any atom is 0.416 e. The van der Waals surface area contributed by atoms with E-state index in [0.29, 0.717) is 18.1 Å². The van der Waals surface area contributed by atoms with Gasteiger partial charge in [-0.25, -0.2) is 0 Å². The minimum Gasteiger partial charge on any atom is -0.311 e. The molecule has 0 radical (unpaired) electrons. The summed E-state index contributed by atoms with van der Waals surface area (Å²) in [5.41, 5.74) is -0.883. The minimum absolute atomic E-state index is 0.234. The molecule has 1 aromatic rings. The molecule has 0 aliphatic rings. The first-order valence-corrected chi connectivity index (χ1v) is 10.7.